The van der Waals surface area contributed by atoms with Crippen LogP contribution in [-0.2, 0) is 11.2 Å². The predicted molar refractivity (Wildman–Crippen MR) is 111 cm³/mol. The van der Waals surface area contributed by atoms with Crippen molar-refractivity contribution in [1.82, 2.24) is 9.97 Å². The number of nitrogens with zero attached hydrogens (tertiary/aromatic N) is 3. The van der Waals surface area contributed by atoms with E-state index in [-0.39, 0.29) is 17.9 Å². The molecule has 0 spiro atoms. The van der Waals surface area contributed by atoms with Gasteiger partial charge in [0.2, 0.25) is 0 Å². The number of hydrogen-bond donors (Lipinski definition) is 3. The number of anilines is 2. The maximum Gasteiger partial charge on any atom is 0.292 e. The summed E-state index contributed by atoms with van der Waals surface area (Å²) in [6.45, 7) is 2.88. The normalized spacial score (nSPS) is 21.5. The number of halogens is 2. The van der Waals surface area contributed by atoms with E-state index >= 15 is 0 Å². The van der Waals surface area contributed by atoms with Crippen molar-refractivity contribution in [3.8, 4) is 5.75 Å². The molecule has 1 aromatic carbocycles. The number of carbonyl (C=O) groups excluding carboxylic acids is 1. The van der Waals surface area contributed by atoms with Crippen LogP contribution < -0.4 is 20.7 Å². The molecule has 164 valence electrons. The molecule has 4 N–H and O–H groups in total. The van der Waals surface area contributed by atoms with Crippen LogP contribution in [0.15, 0.2) is 36.8 Å². The summed E-state index contributed by atoms with van der Waals surface area (Å²) in [5, 5.41) is 12.5. The summed E-state index contributed by atoms with van der Waals surface area (Å²) in [7, 11) is 0. The Morgan fingerprint density at radius 2 is 2.06 bits per heavy atom. The number of alkyl halides is 2. The molecule has 3 heterocycles. The molecular weight excluding hydrogens is 408 g/mol. The minimum absolute atomic E-state index is 0.0374. The van der Waals surface area contributed by atoms with Gasteiger partial charge in [-0.15, -0.1) is 0 Å². The number of aliphatic hydroxyl groups excluding tert-OH is 1. The van der Waals surface area contributed by atoms with Crippen molar-refractivity contribution < 1.29 is 23.4 Å². The molecule has 10 heteroatoms. The molecule has 1 aromatic heterocycles. The van der Waals surface area contributed by atoms with Gasteiger partial charge in [-0.25, -0.2) is 18.7 Å². The molecule has 0 radical (unpaired) electrons. The summed E-state index contributed by atoms with van der Waals surface area (Å²) in [5.74, 6) is -3.15. The van der Waals surface area contributed by atoms with Crippen LogP contribution in [0.25, 0.3) is 5.57 Å². The predicted octanol–water partition coefficient (Wildman–Crippen LogP) is 1.94. The number of ether oxygens (including phenoxy) is 1. The fourth-order valence-electron chi connectivity index (χ4n) is 3.83. The largest absolute Gasteiger partial charge is 0.487 e. The highest BCUT2D eigenvalue weighted by Gasteiger charge is 2.48. The van der Waals surface area contributed by atoms with Crippen molar-refractivity contribution in [3.05, 3.63) is 48.2 Å². The Morgan fingerprint density at radius 1 is 1.35 bits per heavy atom. The number of hydrogen-bond acceptors (Lipinski definition) is 7. The number of β-amino-alcohol motifs (C(OH)–C–C–N with tert-alkyl or cyclic N) is 1. The zero-order valence-corrected chi connectivity index (χ0v) is 17.1. The molecule has 0 bridgehead atoms. The first-order valence-electron chi connectivity index (χ1n) is 9.77. The number of carbonyl (C=O) groups is 1. The molecule has 2 aliphatic heterocycles. The molecule has 2 aliphatic rings. The highest BCUT2D eigenvalue weighted by atomic mass is 19.3. The first-order valence-corrected chi connectivity index (χ1v) is 9.77. The molecule has 4 rings (SSSR count). The summed E-state index contributed by atoms with van der Waals surface area (Å²) in [6, 6.07) is 4.94. The molecule has 0 saturated carbocycles. The van der Waals surface area contributed by atoms with E-state index < -0.39 is 30.1 Å². The SMILES string of the molecule is CC1(C)Cc2cc(NC(=O)C(=CN)c3ncccn3)c(N3CC(O)C(F)(F)C3)cc2O1. The topological polar surface area (TPSA) is 114 Å². The summed E-state index contributed by atoms with van der Waals surface area (Å²) in [5.41, 5.74) is 6.68. The Balaban J connectivity index is 1.70. The summed E-state index contributed by atoms with van der Waals surface area (Å²) in [6.07, 6.45) is 2.84. The number of nitrogens with two attached hydrogens (primary N) is 1. The molecule has 1 amide bonds. The highest BCUT2D eigenvalue weighted by molar-refractivity contribution is 6.24. The van der Waals surface area contributed by atoms with Crippen molar-refractivity contribution in [2.24, 2.45) is 5.73 Å². The molecule has 2 aromatic rings. The Kier molecular flexibility index (Phi) is 5.04. The molecule has 1 atom stereocenters. The second-order valence-electron chi connectivity index (χ2n) is 8.28. The fourth-order valence-corrected chi connectivity index (χ4v) is 3.83. The highest BCUT2D eigenvalue weighted by Crippen LogP contribution is 2.43. The zero-order valence-electron chi connectivity index (χ0n) is 17.1. The van der Waals surface area contributed by atoms with E-state index in [0.717, 1.165) is 11.8 Å². The number of rotatable bonds is 4. The summed E-state index contributed by atoms with van der Waals surface area (Å²) >= 11 is 0. The number of aliphatic hydroxyl groups is 1. The average Bonchev–Trinajstić information content (AvgIpc) is 3.15. The smallest absolute Gasteiger partial charge is 0.292 e. The van der Waals surface area contributed by atoms with Crippen molar-refractivity contribution in [3.63, 3.8) is 0 Å². The standard InChI is InChI=1S/C21H23F2N5O3/c1-20(2)8-12-6-14(27-19(30)13(9-24)18-25-4-3-5-26-18)15(7-16(12)31-20)28-10-17(29)21(22,23)11-28/h3-7,9,17,29H,8,10-11,24H2,1-2H3,(H,27,30). The van der Waals surface area contributed by atoms with Gasteiger partial charge < -0.3 is 25.8 Å². The van der Waals surface area contributed by atoms with E-state index in [2.05, 4.69) is 15.3 Å². The van der Waals surface area contributed by atoms with Crippen LogP contribution in [0.5, 0.6) is 5.75 Å². The van der Waals surface area contributed by atoms with E-state index in [1.165, 1.54) is 17.3 Å². The van der Waals surface area contributed by atoms with Crippen LogP contribution in [0.2, 0.25) is 0 Å². The van der Waals surface area contributed by atoms with Gasteiger partial charge in [-0.1, -0.05) is 0 Å². The third-order valence-electron chi connectivity index (χ3n) is 5.27. The van der Waals surface area contributed by atoms with Crippen molar-refractivity contribution in [2.45, 2.75) is 37.9 Å². The average molecular weight is 431 g/mol. The van der Waals surface area contributed by atoms with Crippen LogP contribution in [0.3, 0.4) is 0 Å². The lowest BCUT2D eigenvalue weighted by Gasteiger charge is -2.23. The quantitative estimate of drug-likeness (QED) is 0.634. The van der Waals surface area contributed by atoms with E-state index in [9.17, 15) is 18.7 Å². The van der Waals surface area contributed by atoms with Crippen LogP contribution in [0.1, 0.15) is 25.2 Å². The number of fused-ring (bicyclic) bond motifs is 1. The lowest BCUT2D eigenvalue weighted by atomic mass is 10.0. The van der Waals surface area contributed by atoms with Crippen molar-refractivity contribution >= 4 is 22.9 Å². The van der Waals surface area contributed by atoms with Gasteiger partial charge in [0.25, 0.3) is 11.8 Å². The number of aromatic nitrogens is 2. The zero-order chi connectivity index (χ0) is 22.4. The van der Waals surface area contributed by atoms with Gasteiger partial charge in [-0.05, 0) is 26.0 Å². The van der Waals surface area contributed by atoms with Crippen molar-refractivity contribution in [2.75, 3.05) is 23.3 Å². The van der Waals surface area contributed by atoms with Crippen LogP contribution >= 0.6 is 0 Å². The minimum atomic E-state index is -3.26. The third-order valence-corrected chi connectivity index (χ3v) is 5.27. The first-order chi connectivity index (χ1) is 14.6. The molecule has 1 fully saturated rings. The number of nitrogens with one attached hydrogen (secondary N) is 1. The van der Waals surface area contributed by atoms with Crippen LogP contribution in [0, 0.1) is 0 Å². The summed E-state index contributed by atoms with van der Waals surface area (Å²) < 4.78 is 34.0. The van der Waals surface area contributed by atoms with E-state index in [1.54, 1.807) is 18.2 Å². The van der Waals surface area contributed by atoms with E-state index in [0.29, 0.717) is 23.5 Å². The Morgan fingerprint density at radius 3 is 2.68 bits per heavy atom. The van der Waals surface area contributed by atoms with Gasteiger partial charge in [-0.3, -0.25) is 4.79 Å². The summed E-state index contributed by atoms with van der Waals surface area (Å²) in [4.78, 5) is 22.3. The van der Waals surface area contributed by atoms with Crippen LogP contribution in [-0.4, -0.2) is 51.7 Å². The van der Waals surface area contributed by atoms with E-state index in [4.69, 9.17) is 10.5 Å². The lowest BCUT2D eigenvalue weighted by Crippen LogP contribution is -2.31. The van der Waals surface area contributed by atoms with Gasteiger partial charge in [0, 0.05) is 36.6 Å². The van der Waals surface area contributed by atoms with Crippen molar-refractivity contribution in [1.29, 1.82) is 0 Å². The Labute approximate surface area is 177 Å². The second-order valence-corrected chi connectivity index (χ2v) is 8.28. The molecule has 31 heavy (non-hydrogen) atoms. The molecule has 1 unspecified atom stereocenters. The van der Waals surface area contributed by atoms with E-state index in [1.807, 2.05) is 13.8 Å². The first kappa shape index (κ1) is 21.0. The van der Waals surface area contributed by atoms with Gasteiger partial charge >= 0.3 is 0 Å². The van der Waals surface area contributed by atoms with Crippen LogP contribution in [0.4, 0.5) is 20.2 Å². The Hall–Kier alpha value is -3.27. The minimum Gasteiger partial charge on any atom is -0.487 e. The van der Waals surface area contributed by atoms with Gasteiger partial charge in [0.05, 0.1) is 30.0 Å². The molecule has 0 aliphatic carbocycles. The lowest BCUT2D eigenvalue weighted by molar-refractivity contribution is -0.111. The maximum atomic E-state index is 14.0. The fraction of sp³-hybridized carbons (Fsp3) is 0.381. The molecule has 1 saturated heterocycles. The third kappa shape index (κ3) is 4.02. The second kappa shape index (κ2) is 7.45. The number of benzene rings is 1. The number of amides is 1. The molecule has 8 nitrogen and oxygen atoms in total. The van der Waals surface area contributed by atoms with Gasteiger partial charge in [0.1, 0.15) is 17.5 Å². The van der Waals surface area contributed by atoms with Gasteiger partial charge in [0.15, 0.2) is 5.82 Å². The van der Waals surface area contributed by atoms with Gasteiger partial charge in [-0.2, -0.15) is 0 Å². The molecular formula is C21H23F2N5O3. The maximum absolute atomic E-state index is 14.0. The Bertz CT molecular complexity index is 1040. The monoisotopic (exact) mass is 431 g/mol.